The second-order valence-electron chi connectivity index (χ2n) is 14.2. The molecule has 0 aromatic rings. The van der Waals surface area contributed by atoms with E-state index in [1.165, 1.54) is 96.3 Å². The van der Waals surface area contributed by atoms with Crippen LogP contribution in [0.4, 0.5) is 0 Å². The Balaban J connectivity index is 2.54. The Labute approximate surface area is 303 Å². The number of hydrogen-bond donors (Lipinski definition) is 7. The second kappa shape index (κ2) is 31.2. The van der Waals surface area contributed by atoms with Crippen molar-refractivity contribution in [1.29, 1.82) is 0 Å². The molecule has 294 valence electrons. The summed E-state index contributed by atoms with van der Waals surface area (Å²) in [5.74, 6) is -0.628. The predicted molar refractivity (Wildman–Crippen MR) is 199 cm³/mol. The van der Waals surface area contributed by atoms with E-state index in [1.807, 2.05) is 6.08 Å². The lowest BCUT2D eigenvalue weighted by Gasteiger charge is -2.40. The molecular weight excluding hydrogens is 638 g/mol. The molecule has 10 heteroatoms. The van der Waals surface area contributed by atoms with Gasteiger partial charge in [-0.1, -0.05) is 154 Å². The first-order valence-corrected chi connectivity index (χ1v) is 20.2. The number of allylic oxidation sites excluding steroid dienone is 3. The first-order chi connectivity index (χ1) is 24.3. The summed E-state index contributed by atoms with van der Waals surface area (Å²) >= 11 is 0. The molecule has 0 aliphatic carbocycles. The zero-order valence-corrected chi connectivity index (χ0v) is 31.5. The Morgan fingerprint density at radius 3 is 1.74 bits per heavy atom. The summed E-state index contributed by atoms with van der Waals surface area (Å²) in [5, 5.41) is 64.3. The van der Waals surface area contributed by atoms with Crippen molar-refractivity contribution in [2.45, 2.75) is 210 Å². The zero-order valence-electron chi connectivity index (χ0n) is 31.5. The van der Waals surface area contributed by atoms with Crippen LogP contribution in [0.2, 0.25) is 0 Å². The number of unbranched alkanes of at least 4 members (excludes halogenated alkanes) is 19. The third-order valence-corrected chi connectivity index (χ3v) is 9.64. The van der Waals surface area contributed by atoms with Crippen LogP contribution >= 0.6 is 0 Å². The third-order valence-electron chi connectivity index (χ3n) is 9.64. The Morgan fingerprint density at radius 2 is 1.18 bits per heavy atom. The Bertz CT molecular complexity index is 855. The van der Waals surface area contributed by atoms with Gasteiger partial charge in [-0.25, -0.2) is 0 Å². The standard InChI is InChI=1S/C40H75NO9/c1-3-5-7-9-11-13-15-17-19-20-22-24-26-28-33(43)32(31-49-40-38(47)37(46)36(45)35(30-42)50-40)41-39(48)34(44)29-27-25-23-21-18-16-14-12-10-8-6-4-2/h19-20,26,28,32-38,40,42-47H,3-18,21-25,27,29-31H2,1-2H3,(H,41,48)/t32-,33+,34+,35+,36+,37-,38+,40+/m0/s1. The van der Waals surface area contributed by atoms with E-state index in [0.717, 1.165) is 32.1 Å². The lowest BCUT2D eigenvalue weighted by Crippen LogP contribution is -2.60. The predicted octanol–water partition coefficient (Wildman–Crippen LogP) is 6.13. The van der Waals surface area contributed by atoms with E-state index in [1.54, 1.807) is 6.08 Å². The van der Waals surface area contributed by atoms with E-state index < -0.39 is 61.5 Å². The van der Waals surface area contributed by atoms with E-state index in [4.69, 9.17) is 9.47 Å². The molecular formula is C40H75NO9. The number of carbonyl (C=O) groups is 1. The lowest BCUT2D eigenvalue weighted by molar-refractivity contribution is -0.302. The number of aliphatic hydroxyl groups excluding tert-OH is 6. The zero-order chi connectivity index (χ0) is 36.8. The van der Waals surface area contributed by atoms with Gasteiger partial charge in [0.2, 0.25) is 5.91 Å². The summed E-state index contributed by atoms with van der Waals surface area (Å²) in [6, 6.07) is -0.990. The monoisotopic (exact) mass is 714 g/mol. The molecule has 0 bridgehead atoms. The molecule has 1 heterocycles. The SMILES string of the molecule is CCCCCCCCCC=CCCC=C[C@@H](O)[C@H](CO[C@@H]1O[C@H](CO)[C@@H](O)[C@H](O)[C@H]1O)NC(=O)[C@H](O)CCCCCCCCCCCCCC. The molecule has 0 saturated carbocycles. The van der Waals surface area contributed by atoms with Gasteiger partial charge in [-0.3, -0.25) is 4.79 Å². The average molecular weight is 714 g/mol. The number of amides is 1. The summed E-state index contributed by atoms with van der Waals surface area (Å²) in [6.07, 6.45) is 24.1. The largest absolute Gasteiger partial charge is 0.394 e. The summed E-state index contributed by atoms with van der Waals surface area (Å²) < 4.78 is 11.1. The van der Waals surface area contributed by atoms with Crippen LogP contribution in [0.15, 0.2) is 24.3 Å². The number of hydrogen-bond acceptors (Lipinski definition) is 9. The number of carbonyl (C=O) groups excluding carboxylic acids is 1. The summed E-state index contributed by atoms with van der Waals surface area (Å²) in [7, 11) is 0. The van der Waals surface area contributed by atoms with Gasteiger partial charge in [0, 0.05) is 0 Å². The highest BCUT2D eigenvalue weighted by atomic mass is 16.7. The number of ether oxygens (including phenoxy) is 2. The molecule has 50 heavy (non-hydrogen) atoms. The summed E-state index contributed by atoms with van der Waals surface area (Å²) in [5.41, 5.74) is 0. The summed E-state index contributed by atoms with van der Waals surface area (Å²) in [4.78, 5) is 12.9. The van der Waals surface area contributed by atoms with E-state index in [2.05, 4.69) is 31.3 Å². The molecule has 1 saturated heterocycles. The van der Waals surface area contributed by atoms with Crippen LogP contribution in [0.1, 0.15) is 162 Å². The number of aliphatic hydroxyl groups is 6. The molecule has 8 atom stereocenters. The van der Waals surface area contributed by atoms with Crippen molar-refractivity contribution >= 4 is 5.91 Å². The van der Waals surface area contributed by atoms with Crippen LogP contribution in [-0.2, 0) is 14.3 Å². The Hall–Kier alpha value is -1.37. The first kappa shape index (κ1) is 46.7. The lowest BCUT2D eigenvalue weighted by atomic mass is 9.99. The molecule has 0 spiro atoms. The van der Waals surface area contributed by atoms with Crippen molar-refractivity contribution in [3.05, 3.63) is 24.3 Å². The van der Waals surface area contributed by atoms with Crippen molar-refractivity contribution in [2.75, 3.05) is 13.2 Å². The van der Waals surface area contributed by atoms with Gasteiger partial charge in [0.25, 0.3) is 0 Å². The minimum atomic E-state index is -1.61. The van der Waals surface area contributed by atoms with E-state index in [0.29, 0.717) is 19.3 Å². The fourth-order valence-corrected chi connectivity index (χ4v) is 6.24. The molecule has 1 amide bonds. The van der Waals surface area contributed by atoms with Crippen LogP contribution in [0.5, 0.6) is 0 Å². The first-order valence-electron chi connectivity index (χ1n) is 20.2. The van der Waals surface area contributed by atoms with Crippen molar-refractivity contribution in [3.63, 3.8) is 0 Å². The quantitative estimate of drug-likeness (QED) is 0.0320. The Morgan fingerprint density at radius 1 is 0.680 bits per heavy atom. The highest BCUT2D eigenvalue weighted by Gasteiger charge is 2.44. The average Bonchev–Trinajstić information content (AvgIpc) is 3.11. The molecule has 10 nitrogen and oxygen atoms in total. The highest BCUT2D eigenvalue weighted by Crippen LogP contribution is 2.22. The van der Waals surface area contributed by atoms with Crippen LogP contribution in [-0.4, -0.2) is 98.7 Å². The smallest absolute Gasteiger partial charge is 0.249 e. The molecule has 1 rings (SSSR count). The van der Waals surface area contributed by atoms with Crippen LogP contribution < -0.4 is 5.32 Å². The maximum atomic E-state index is 12.9. The topological polar surface area (TPSA) is 169 Å². The van der Waals surface area contributed by atoms with Gasteiger partial charge in [0.1, 0.15) is 30.5 Å². The fourth-order valence-electron chi connectivity index (χ4n) is 6.24. The number of rotatable bonds is 32. The van der Waals surface area contributed by atoms with Crippen LogP contribution in [0, 0.1) is 0 Å². The normalized spacial score (nSPS) is 23.1. The van der Waals surface area contributed by atoms with E-state index >= 15 is 0 Å². The van der Waals surface area contributed by atoms with Gasteiger partial charge in [0.15, 0.2) is 6.29 Å². The second-order valence-corrected chi connectivity index (χ2v) is 14.2. The molecule has 0 unspecified atom stereocenters. The third kappa shape index (κ3) is 21.9. The highest BCUT2D eigenvalue weighted by molar-refractivity contribution is 5.80. The maximum absolute atomic E-state index is 12.9. The maximum Gasteiger partial charge on any atom is 0.249 e. The molecule has 1 aliphatic heterocycles. The van der Waals surface area contributed by atoms with Crippen LogP contribution in [0.25, 0.3) is 0 Å². The van der Waals surface area contributed by atoms with Gasteiger partial charge in [-0.15, -0.1) is 0 Å². The van der Waals surface area contributed by atoms with Gasteiger partial charge in [0.05, 0.1) is 25.4 Å². The summed E-state index contributed by atoms with van der Waals surface area (Å²) in [6.45, 7) is 3.54. The Kier molecular flexibility index (Phi) is 29.1. The van der Waals surface area contributed by atoms with Gasteiger partial charge in [-0.2, -0.15) is 0 Å². The van der Waals surface area contributed by atoms with Crippen molar-refractivity contribution in [2.24, 2.45) is 0 Å². The van der Waals surface area contributed by atoms with Crippen molar-refractivity contribution in [1.82, 2.24) is 5.32 Å². The molecule has 1 fully saturated rings. The minimum Gasteiger partial charge on any atom is -0.394 e. The van der Waals surface area contributed by atoms with Crippen LogP contribution in [0.3, 0.4) is 0 Å². The minimum absolute atomic E-state index is 0.306. The van der Waals surface area contributed by atoms with E-state index in [9.17, 15) is 35.4 Å². The molecule has 1 aliphatic rings. The van der Waals surface area contributed by atoms with Gasteiger partial charge in [-0.05, 0) is 32.1 Å². The molecule has 0 radical (unpaired) electrons. The van der Waals surface area contributed by atoms with Crippen molar-refractivity contribution < 1.29 is 44.9 Å². The fraction of sp³-hybridized carbons (Fsp3) is 0.875. The van der Waals surface area contributed by atoms with Gasteiger partial charge >= 0.3 is 0 Å². The molecule has 0 aromatic carbocycles. The molecule has 0 aromatic heterocycles. The van der Waals surface area contributed by atoms with Gasteiger partial charge < -0.3 is 45.4 Å². The molecule has 7 N–H and O–H groups in total. The van der Waals surface area contributed by atoms with Crippen molar-refractivity contribution in [3.8, 4) is 0 Å². The van der Waals surface area contributed by atoms with E-state index in [-0.39, 0.29) is 6.61 Å². The number of nitrogens with one attached hydrogen (secondary N) is 1.